The van der Waals surface area contributed by atoms with Crippen LogP contribution in [-0.4, -0.2) is 12.1 Å². The van der Waals surface area contributed by atoms with Gasteiger partial charge in [-0.3, -0.25) is 0 Å². The molecule has 1 N–H and O–H groups in total. The molecule has 0 saturated heterocycles. The Hall–Kier alpha value is -2.74. The third-order valence-corrected chi connectivity index (χ3v) is 4.27. The molecule has 0 saturated carbocycles. The Labute approximate surface area is 129 Å². The molecule has 0 aliphatic heterocycles. The summed E-state index contributed by atoms with van der Waals surface area (Å²) < 4.78 is 5.26. The van der Waals surface area contributed by atoms with Crippen molar-refractivity contribution in [1.29, 1.82) is 0 Å². The number of benzene rings is 3. The van der Waals surface area contributed by atoms with Crippen molar-refractivity contribution in [2.24, 2.45) is 0 Å². The molecule has 3 aromatic carbocycles. The first kappa shape index (κ1) is 13.0. The van der Waals surface area contributed by atoms with Gasteiger partial charge < -0.3 is 9.72 Å². The molecule has 0 amide bonds. The van der Waals surface area contributed by atoms with Gasteiger partial charge >= 0.3 is 0 Å². The maximum atomic E-state index is 5.26. The lowest BCUT2D eigenvalue weighted by atomic mass is 9.97. The van der Waals surface area contributed by atoms with E-state index in [1.807, 2.05) is 12.1 Å². The molecule has 2 nitrogen and oxygen atoms in total. The molecule has 0 unspecified atom stereocenters. The van der Waals surface area contributed by atoms with Gasteiger partial charge in [-0.25, -0.2) is 0 Å². The van der Waals surface area contributed by atoms with Crippen LogP contribution < -0.4 is 4.74 Å². The highest BCUT2D eigenvalue weighted by atomic mass is 16.5. The SMILES string of the molecule is COc1ccc(-c2ccc(C)c3[nH]c4ccccc4c23)cc1. The molecule has 108 valence electrons. The molecular weight excluding hydrogens is 270 g/mol. The van der Waals surface area contributed by atoms with E-state index < -0.39 is 0 Å². The predicted molar refractivity (Wildman–Crippen MR) is 92.5 cm³/mol. The van der Waals surface area contributed by atoms with Crippen LogP contribution in [0.1, 0.15) is 5.56 Å². The molecule has 1 aromatic heterocycles. The van der Waals surface area contributed by atoms with E-state index >= 15 is 0 Å². The summed E-state index contributed by atoms with van der Waals surface area (Å²) in [5, 5.41) is 2.56. The Balaban J connectivity index is 2.06. The van der Waals surface area contributed by atoms with Crippen LogP contribution in [0.3, 0.4) is 0 Å². The zero-order chi connectivity index (χ0) is 15.1. The molecule has 0 radical (unpaired) electrons. The standard InChI is InChI=1S/C20H17NO/c1-13-7-12-16(14-8-10-15(22-2)11-9-14)19-17-5-3-4-6-18(17)21-20(13)19/h3-12,21H,1-2H3. The first-order valence-electron chi connectivity index (χ1n) is 7.42. The number of hydrogen-bond acceptors (Lipinski definition) is 1. The van der Waals surface area contributed by atoms with E-state index in [2.05, 4.69) is 60.4 Å². The number of nitrogens with one attached hydrogen (secondary N) is 1. The second-order valence-corrected chi connectivity index (χ2v) is 5.58. The minimum Gasteiger partial charge on any atom is -0.497 e. The summed E-state index contributed by atoms with van der Waals surface area (Å²) in [4.78, 5) is 3.55. The minimum atomic E-state index is 0.881. The third kappa shape index (κ3) is 1.88. The molecule has 22 heavy (non-hydrogen) atoms. The lowest BCUT2D eigenvalue weighted by Crippen LogP contribution is -1.85. The summed E-state index contributed by atoms with van der Waals surface area (Å²) in [6, 6.07) is 21.1. The molecule has 1 heterocycles. The Morgan fingerprint density at radius 2 is 1.64 bits per heavy atom. The second-order valence-electron chi connectivity index (χ2n) is 5.58. The van der Waals surface area contributed by atoms with Crippen molar-refractivity contribution in [1.82, 2.24) is 4.98 Å². The van der Waals surface area contributed by atoms with Gasteiger partial charge in [0.15, 0.2) is 0 Å². The number of aryl methyl sites for hydroxylation is 1. The van der Waals surface area contributed by atoms with Crippen LogP contribution in [0.5, 0.6) is 5.75 Å². The summed E-state index contributed by atoms with van der Waals surface area (Å²) in [7, 11) is 1.69. The monoisotopic (exact) mass is 287 g/mol. The summed E-state index contributed by atoms with van der Waals surface area (Å²) in [5.41, 5.74) is 6.12. The van der Waals surface area contributed by atoms with Gasteiger partial charge in [-0.05, 0) is 41.8 Å². The Morgan fingerprint density at radius 1 is 0.864 bits per heavy atom. The Kier molecular flexibility index (Phi) is 2.90. The number of H-pyrrole nitrogens is 1. The number of methoxy groups -OCH3 is 1. The van der Waals surface area contributed by atoms with Crippen molar-refractivity contribution in [2.45, 2.75) is 6.92 Å². The summed E-state index contributed by atoms with van der Waals surface area (Å²) in [5.74, 6) is 0.881. The van der Waals surface area contributed by atoms with Crippen molar-refractivity contribution in [3.63, 3.8) is 0 Å². The second kappa shape index (κ2) is 4.92. The third-order valence-electron chi connectivity index (χ3n) is 4.27. The maximum absolute atomic E-state index is 5.26. The van der Waals surface area contributed by atoms with Gasteiger partial charge in [0.25, 0.3) is 0 Å². The van der Waals surface area contributed by atoms with E-state index in [1.54, 1.807) is 7.11 Å². The van der Waals surface area contributed by atoms with E-state index in [0.29, 0.717) is 0 Å². The molecule has 0 atom stereocenters. The molecule has 4 rings (SSSR count). The van der Waals surface area contributed by atoms with Gasteiger partial charge in [0, 0.05) is 16.3 Å². The quantitative estimate of drug-likeness (QED) is 0.531. The van der Waals surface area contributed by atoms with E-state index in [4.69, 9.17) is 4.74 Å². The van der Waals surface area contributed by atoms with Gasteiger partial charge in [-0.2, -0.15) is 0 Å². The van der Waals surface area contributed by atoms with Crippen molar-refractivity contribution < 1.29 is 4.74 Å². The van der Waals surface area contributed by atoms with Crippen LogP contribution in [0.15, 0.2) is 60.7 Å². The van der Waals surface area contributed by atoms with E-state index in [-0.39, 0.29) is 0 Å². The zero-order valence-electron chi connectivity index (χ0n) is 12.7. The maximum Gasteiger partial charge on any atom is 0.118 e. The van der Waals surface area contributed by atoms with Crippen LogP contribution in [0.25, 0.3) is 32.9 Å². The number of aromatic amines is 1. The molecule has 2 heteroatoms. The van der Waals surface area contributed by atoms with Crippen molar-refractivity contribution in [3.8, 4) is 16.9 Å². The minimum absolute atomic E-state index is 0.881. The molecule has 4 aromatic rings. The highest BCUT2D eigenvalue weighted by Crippen LogP contribution is 2.36. The summed E-state index contributed by atoms with van der Waals surface area (Å²) >= 11 is 0. The number of hydrogen-bond donors (Lipinski definition) is 1. The number of fused-ring (bicyclic) bond motifs is 3. The smallest absolute Gasteiger partial charge is 0.118 e. The highest BCUT2D eigenvalue weighted by Gasteiger charge is 2.11. The van der Waals surface area contributed by atoms with Gasteiger partial charge in [-0.15, -0.1) is 0 Å². The molecule has 0 aliphatic rings. The number of ether oxygens (including phenoxy) is 1. The van der Waals surface area contributed by atoms with Crippen LogP contribution in [-0.2, 0) is 0 Å². The first-order chi connectivity index (χ1) is 10.8. The van der Waals surface area contributed by atoms with E-state index in [0.717, 1.165) is 5.75 Å². The van der Waals surface area contributed by atoms with Crippen molar-refractivity contribution >= 4 is 21.8 Å². The average molecular weight is 287 g/mol. The van der Waals surface area contributed by atoms with Crippen molar-refractivity contribution in [3.05, 3.63) is 66.2 Å². The lowest BCUT2D eigenvalue weighted by Gasteiger charge is -2.07. The average Bonchev–Trinajstić information content (AvgIpc) is 2.96. The Morgan fingerprint density at radius 3 is 2.41 bits per heavy atom. The molecule has 0 fully saturated rings. The van der Waals surface area contributed by atoms with Crippen LogP contribution in [0.2, 0.25) is 0 Å². The molecular formula is C20H17NO. The largest absolute Gasteiger partial charge is 0.497 e. The number of para-hydroxylation sites is 1. The van der Waals surface area contributed by atoms with E-state index in [1.165, 1.54) is 38.5 Å². The molecule has 0 aliphatic carbocycles. The fourth-order valence-electron chi connectivity index (χ4n) is 3.10. The van der Waals surface area contributed by atoms with Crippen LogP contribution in [0.4, 0.5) is 0 Å². The number of aromatic nitrogens is 1. The summed E-state index contributed by atoms with van der Waals surface area (Å²) in [6.45, 7) is 2.15. The molecule has 0 bridgehead atoms. The van der Waals surface area contributed by atoms with Gasteiger partial charge in [0.05, 0.1) is 12.6 Å². The molecule has 0 spiro atoms. The fourth-order valence-corrected chi connectivity index (χ4v) is 3.10. The summed E-state index contributed by atoms with van der Waals surface area (Å²) in [6.07, 6.45) is 0. The normalized spacial score (nSPS) is 11.2. The highest BCUT2D eigenvalue weighted by molar-refractivity contribution is 6.15. The van der Waals surface area contributed by atoms with Crippen LogP contribution >= 0.6 is 0 Å². The van der Waals surface area contributed by atoms with E-state index in [9.17, 15) is 0 Å². The fraction of sp³-hybridized carbons (Fsp3) is 0.100. The first-order valence-corrected chi connectivity index (χ1v) is 7.42. The topological polar surface area (TPSA) is 25.0 Å². The lowest BCUT2D eigenvalue weighted by molar-refractivity contribution is 0.415. The predicted octanol–water partition coefficient (Wildman–Crippen LogP) is 5.31. The van der Waals surface area contributed by atoms with Gasteiger partial charge in [0.2, 0.25) is 0 Å². The van der Waals surface area contributed by atoms with Crippen molar-refractivity contribution in [2.75, 3.05) is 7.11 Å². The number of rotatable bonds is 2. The van der Waals surface area contributed by atoms with Gasteiger partial charge in [0.1, 0.15) is 5.75 Å². The van der Waals surface area contributed by atoms with Gasteiger partial charge in [-0.1, -0.05) is 42.5 Å². The van der Waals surface area contributed by atoms with Crippen LogP contribution in [0, 0.1) is 6.92 Å². The Bertz CT molecular complexity index is 964. The zero-order valence-corrected chi connectivity index (χ0v) is 12.7.